The molecule has 1 aliphatic rings. The van der Waals surface area contributed by atoms with E-state index in [1.165, 1.54) is 25.8 Å². The fourth-order valence-corrected chi connectivity index (χ4v) is 2.19. The van der Waals surface area contributed by atoms with Crippen LogP contribution in [0.4, 0.5) is 0 Å². The summed E-state index contributed by atoms with van der Waals surface area (Å²) in [6, 6.07) is 0.817. The Kier molecular flexibility index (Phi) is 3.38. The van der Waals surface area contributed by atoms with Gasteiger partial charge in [0.15, 0.2) is 0 Å². The van der Waals surface area contributed by atoms with E-state index in [2.05, 4.69) is 26.1 Å². The van der Waals surface area contributed by atoms with E-state index in [-0.39, 0.29) is 0 Å². The Bertz CT molecular complexity index is 109. The zero-order valence-electron chi connectivity index (χ0n) is 8.06. The highest BCUT2D eigenvalue weighted by molar-refractivity contribution is 4.82. The molecule has 1 heteroatoms. The van der Waals surface area contributed by atoms with Gasteiger partial charge in [0.05, 0.1) is 0 Å². The number of hydrogen-bond acceptors (Lipinski definition) is 1. The molecule has 0 bridgehead atoms. The van der Waals surface area contributed by atoms with Crippen molar-refractivity contribution in [2.24, 2.45) is 11.8 Å². The zero-order valence-corrected chi connectivity index (χ0v) is 8.06. The molecule has 2 atom stereocenters. The van der Waals surface area contributed by atoms with E-state index < -0.39 is 0 Å². The number of hydrogen-bond donors (Lipinski definition) is 1. The Morgan fingerprint density at radius 2 is 2.18 bits per heavy atom. The Hall–Kier alpha value is -0.0400. The molecular weight excluding hydrogens is 134 g/mol. The van der Waals surface area contributed by atoms with Gasteiger partial charge in [-0.25, -0.2) is 0 Å². The van der Waals surface area contributed by atoms with Gasteiger partial charge in [0, 0.05) is 6.04 Å². The number of nitrogens with one attached hydrogen (secondary N) is 1. The topological polar surface area (TPSA) is 12.0 Å². The first-order valence-corrected chi connectivity index (χ1v) is 4.97. The minimum absolute atomic E-state index is 0.817. The van der Waals surface area contributed by atoms with Crippen LogP contribution < -0.4 is 5.32 Å². The molecule has 0 saturated carbocycles. The van der Waals surface area contributed by atoms with Crippen LogP contribution in [0.5, 0.6) is 0 Å². The maximum atomic E-state index is 3.56. The van der Waals surface area contributed by atoms with E-state index in [1.807, 2.05) is 0 Å². The summed E-state index contributed by atoms with van der Waals surface area (Å²) < 4.78 is 0. The number of rotatable bonds is 3. The Morgan fingerprint density at radius 3 is 2.73 bits per heavy atom. The average molecular weight is 155 g/mol. The molecule has 1 rings (SSSR count). The van der Waals surface area contributed by atoms with Crippen LogP contribution in [-0.4, -0.2) is 12.6 Å². The van der Waals surface area contributed by atoms with Gasteiger partial charge in [-0.3, -0.25) is 0 Å². The lowest BCUT2D eigenvalue weighted by atomic mass is 9.90. The molecule has 0 aromatic carbocycles. The highest BCUT2D eigenvalue weighted by atomic mass is 14.9. The summed E-state index contributed by atoms with van der Waals surface area (Å²) in [4.78, 5) is 0. The van der Waals surface area contributed by atoms with E-state index in [0.29, 0.717) is 0 Å². The maximum absolute atomic E-state index is 3.56. The lowest BCUT2D eigenvalue weighted by Crippen LogP contribution is -2.26. The molecule has 0 aliphatic carbocycles. The molecule has 0 aromatic rings. The van der Waals surface area contributed by atoms with Gasteiger partial charge < -0.3 is 5.32 Å². The normalized spacial score (nSPS) is 31.6. The molecule has 1 fully saturated rings. The molecule has 1 aliphatic heterocycles. The highest BCUT2D eigenvalue weighted by Crippen LogP contribution is 2.24. The standard InChI is InChI=1S/C10H21N/c1-4-10-9(5-6-11-10)7-8(2)3/h8-11H,4-7H2,1-3H3. The molecule has 66 valence electrons. The Labute approximate surface area is 70.6 Å². The summed E-state index contributed by atoms with van der Waals surface area (Å²) in [5.41, 5.74) is 0. The minimum atomic E-state index is 0.817. The lowest BCUT2D eigenvalue weighted by Gasteiger charge is -2.19. The predicted molar refractivity (Wildman–Crippen MR) is 49.6 cm³/mol. The first-order valence-electron chi connectivity index (χ1n) is 4.97. The summed E-state index contributed by atoms with van der Waals surface area (Å²) in [7, 11) is 0. The van der Waals surface area contributed by atoms with E-state index in [1.54, 1.807) is 0 Å². The van der Waals surface area contributed by atoms with E-state index >= 15 is 0 Å². The Balaban J connectivity index is 2.31. The molecule has 1 heterocycles. The van der Waals surface area contributed by atoms with Crippen LogP contribution in [0.1, 0.15) is 40.0 Å². The van der Waals surface area contributed by atoms with Crippen LogP contribution in [0.2, 0.25) is 0 Å². The minimum Gasteiger partial charge on any atom is -0.314 e. The van der Waals surface area contributed by atoms with Crippen molar-refractivity contribution >= 4 is 0 Å². The lowest BCUT2D eigenvalue weighted by molar-refractivity contribution is 0.361. The van der Waals surface area contributed by atoms with Crippen molar-refractivity contribution in [1.82, 2.24) is 5.32 Å². The summed E-state index contributed by atoms with van der Waals surface area (Å²) in [6.45, 7) is 8.18. The van der Waals surface area contributed by atoms with Crippen molar-refractivity contribution in [3.63, 3.8) is 0 Å². The van der Waals surface area contributed by atoms with Crippen LogP contribution in [0.3, 0.4) is 0 Å². The van der Waals surface area contributed by atoms with Crippen molar-refractivity contribution in [1.29, 1.82) is 0 Å². The quantitative estimate of drug-likeness (QED) is 0.660. The van der Waals surface area contributed by atoms with Crippen molar-refractivity contribution in [3.8, 4) is 0 Å². The molecule has 1 N–H and O–H groups in total. The summed E-state index contributed by atoms with van der Waals surface area (Å²) in [5, 5.41) is 3.56. The molecule has 11 heavy (non-hydrogen) atoms. The molecule has 1 saturated heterocycles. The smallest absolute Gasteiger partial charge is 0.00932 e. The van der Waals surface area contributed by atoms with Gasteiger partial charge in [0.2, 0.25) is 0 Å². The molecule has 0 radical (unpaired) electrons. The van der Waals surface area contributed by atoms with Crippen molar-refractivity contribution in [2.75, 3.05) is 6.54 Å². The summed E-state index contributed by atoms with van der Waals surface area (Å²) in [6.07, 6.45) is 4.11. The molecule has 2 unspecified atom stereocenters. The molecule has 0 amide bonds. The van der Waals surface area contributed by atoms with Crippen molar-refractivity contribution < 1.29 is 0 Å². The second kappa shape index (κ2) is 4.10. The third-order valence-electron chi connectivity index (χ3n) is 2.70. The van der Waals surface area contributed by atoms with E-state index in [0.717, 1.165) is 17.9 Å². The van der Waals surface area contributed by atoms with Crippen LogP contribution in [-0.2, 0) is 0 Å². The van der Waals surface area contributed by atoms with Crippen LogP contribution >= 0.6 is 0 Å². The van der Waals surface area contributed by atoms with E-state index in [4.69, 9.17) is 0 Å². The van der Waals surface area contributed by atoms with Gasteiger partial charge in [-0.1, -0.05) is 20.8 Å². The third-order valence-corrected chi connectivity index (χ3v) is 2.70. The molecule has 1 nitrogen and oxygen atoms in total. The fourth-order valence-electron chi connectivity index (χ4n) is 2.19. The van der Waals surface area contributed by atoms with Crippen LogP contribution in [0.15, 0.2) is 0 Å². The zero-order chi connectivity index (χ0) is 8.27. The van der Waals surface area contributed by atoms with Gasteiger partial charge in [0.25, 0.3) is 0 Å². The van der Waals surface area contributed by atoms with Crippen LogP contribution in [0, 0.1) is 11.8 Å². The second-order valence-electron chi connectivity index (χ2n) is 4.15. The summed E-state index contributed by atoms with van der Waals surface area (Å²) in [5.74, 6) is 1.83. The van der Waals surface area contributed by atoms with Gasteiger partial charge in [-0.05, 0) is 37.6 Å². The fraction of sp³-hybridized carbons (Fsp3) is 1.00. The van der Waals surface area contributed by atoms with Gasteiger partial charge in [-0.15, -0.1) is 0 Å². The highest BCUT2D eigenvalue weighted by Gasteiger charge is 2.25. The Morgan fingerprint density at radius 1 is 1.45 bits per heavy atom. The molecular formula is C10H21N. The van der Waals surface area contributed by atoms with Gasteiger partial charge in [-0.2, -0.15) is 0 Å². The SMILES string of the molecule is CCC1NCCC1CC(C)C. The predicted octanol–water partition coefficient (Wildman–Crippen LogP) is 2.42. The third kappa shape index (κ3) is 2.48. The van der Waals surface area contributed by atoms with Crippen molar-refractivity contribution in [3.05, 3.63) is 0 Å². The first-order chi connectivity index (χ1) is 5.24. The molecule has 0 spiro atoms. The first kappa shape index (κ1) is 9.05. The second-order valence-corrected chi connectivity index (χ2v) is 4.15. The summed E-state index contributed by atoms with van der Waals surface area (Å²) >= 11 is 0. The van der Waals surface area contributed by atoms with E-state index in [9.17, 15) is 0 Å². The van der Waals surface area contributed by atoms with Crippen molar-refractivity contribution in [2.45, 2.75) is 46.1 Å². The monoisotopic (exact) mass is 155 g/mol. The maximum Gasteiger partial charge on any atom is 0.00932 e. The van der Waals surface area contributed by atoms with Crippen LogP contribution in [0.25, 0.3) is 0 Å². The largest absolute Gasteiger partial charge is 0.314 e. The van der Waals surface area contributed by atoms with Gasteiger partial charge in [0.1, 0.15) is 0 Å². The van der Waals surface area contributed by atoms with Gasteiger partial charge >= 0.3 is 0 Å². The molecule has 0 aromatic heterocycles. The average Bonchev–Trinajstić information content (AvgIpc) is 2.34.